The zero-order valence-electron chi connectivity index (χ0n) is 11.3. The number of hydrogen-bond acceptors (Lipinski definition) is 3. The lowest BCUT2D eigenvalue weighted by molar-refractivity contribution is 0.360. The molecular weight excluding hydrogens is 284 g/mol. The Hall–Kier alpha value is -0.620. The second-order valence-electron chi connectivity index (χ2n) is 4.88. The molecule has 0 amide bonds. The van der Waals surface area contributed by atoms with Crippen molar-refractivity contribution >= 4 is 22.4 Å². The summed E-state index contributed by atoms with van der Waals surface area (Å²) < 4.78 is 26.3. The first-order chi connectivity index (χ1) is 8.51. The minimum Gasteiger partial charge on any atom is -0.314 e. The normalized spacial score (nSPS) is 17.2. The van der Waals surface area contributed by atoms with Gasteiger partial charge in [0, 0.05) is 26.2 Å². The highest BCUT2D eigenvalue weighted by molar-refractivity contribution is 7.89. The van der Waals surface area contributed by atoms with Gasteiger partial charge in [0.05, 0.1) is 4.90 Å². The van der Waals surface area contributed by atoms with E-state index in [1.54, 1.807) is 16.4 Å². The number of piperazine rings is 1. The Bertz CT molecular complexity index is 494. The molecule has 1 saturated heterocycles. The number of sulfonamides is 1. The second-order valence-corrected chi connectivity index (χ2v) is 6.82. The summed E-state index contributed by atoms with van der Waals surface area (Å²) >= 11 is 0. The molecule has 1 heterocycles. The fraction of sp³-hybridized carbons (Fsp3) is 0.538. The highest BCUT2D eigenvalue weighted by Crippen LogP contribution is 2.20. The lowest BCUT2D eigenvalue weighted by Gasteiger charge is -2.26. The van der Waals surface area contributed by atoms with Crippen molar-refractivity contribution in [1.29, 1.82) is 0 Å². The van der Waals surface area contributed by atoms with Crippen molar-refractivity contribution in [2.24, 2.45) is 0 Å². The summed E-state index contributed by atoms with van der Waals surface area (Å²) in [6.07, 6.45) is 0. The monoisotopic (exact) mass is 304 g/mol. The van der Waals surface area contributed by atoms with Crippen molar-refractivity contribution in [1.82, 2.24) is 9.62 Å². The quantitative estimate of drug-likeness (QED) is 0.927. The molecule has 0 aromatic heterocycles. The van der Waals surface area contributed by atoms with Crippen LogP contribution in [0, 0.1) is 0 Å². The number of hydrogen-bond donors (Lipinski definition) is 1. The largest absolute Gasteiger partial charge is 0.314 e. The van der Waals surface area contributed by atoms with E-state index in [-0.39, 0.29) is 12.4 Å². The molecule has 0 aliphatic carbocycles. The summed E-state index contributed by atoms with van der Waals surface area (Å²) in [5, 5.41) is 3.16. The van der Waals surface area contributed by atoms with E-state index in [2.05, 4.69) is 19.2 Å². The molecule has 0 bridgehead atoms. The first kappa shape index (κ1) is 16.4. The Labute approximate surface area is 121 Å². The minimum atomic E-state index is -3.31. The van der Waals surface area contributed by atoms with Crippen molar-refractivity contribution in [2.75, 3.05) is 26.2 Å². The van der Waals surface area contributed by atoms with Gasteiger partial charge in [-0.15, -0.1) is 12.4 Å². The summed E-state index contributed by atoms with van der Waals surface area (Å²) in [6.45, 7) is 6.74. The molecule has 1 aliphatic rings. The molecule has 0 unspecified atom stereocenters. The molecular formula is C13H21ClN2O2S. The highest BCUT2D eigenvalue weighted by Gasteiger charge is 2.25. The first-order valence-corrected chi connectivity index (χ1v) is 7.76. The van der Waals surface area contributed by atoms with Gasteiger partial charge in [0.25, 0.3) is 0 Å². The molecule has 0 atom stereocenters. The molecule has 4 nitrogen and oxygen atoms in total. The van der Waals surface area contributed by atoms with Crippen LogP contribution in [-0.4, -0.2) is 38.9 Å². The standard InChI is InChI=1S/C13H20N2O2S.ClH/c1-11(2)12-3-5-13(6-4-12)18(16,17)15-9-7-14-8-10-15;/h3-6,11,14H,7-10H2,1-2H3;1H. The van der Waals surface area contributed by atoms with Crippen LogP contribution in [-0.2, 0) is 10.0 Å². The van der Waals surface area contributed by atoms with Gasteiger partial charge in [0.15, 0.2) is 0 Å². The van der Waals surface area contributed by atoms with Gasteiger partial charge < -0.3 is 5.32 Å². The molecule has 0 spiro atoms. The van der Waals surface area contributed by atoms with Gasteiger partial charge in [-0.25, -0.2) is 8.42 Å². The molecule has 1 aromatic carbocycles. The topological polar surface area (TPSA) is 49.4 Å². The number of nitrogens with zero attached hydrogens (tertiary/aromatic N) is 1. The highest BCUT2D eigenvalue weighted by atomic mass is 35.5. The molecule has 19 heavy (non-hydrogen) atoms. The minimum absolute atomic E-state index is 0. The van der Waals surface area contributed by atoms with E-state index in [4.69, 9.17) is 0 Å². The molecule has 0 saturated carbocycles. The Morgan fingerprint density at radius 3 is 2.11 bits per heavy atom. The van der Waals surface area contributed by atoms with Crippen LogP contribution in [0.2, 0.25) is 0 Å². The SMILES string of the molecule is CC(C)c1ccc(S(=O)(=O)N2CCNCC2)cc1.Cl. The summed E-state index contributed by atoms with van der Waals surface area (Å²) in [5.74, 6) is 0.418. The van der Waals surface area contributed by atoms with E-state index in [0.29, 0.717) is 23.9 Å². The molecule has 1 aliphatic heterocycles. The van der Waals surface area contributed by atoms with Crippen LogP contribution in [0.3, 0.4) is 0 Å². The fourth-order valence-corrected chi connectivity index (χ4v) is 3.50. The van der Waals surface area contributed by atoms with Crippen LogP contribution < -0.4 is 5.32 Å². The van der Waals surface area contributed by atoms with Crippen molar-refractivity contribution in [3.63, 3.8) is 0 Å². The Morgan fingerprint density at radius 1 is 1.11 bits per heavy atom. The maximum Gasteiger partial charge on any atom is 0.243 e. The third-order valence-corrected chi connectivity index (χ3v) is 5.17. The van der Waals surface area contributed by atoms with Crippen LogP contribution in [0.4, 0.5) is 0 Å². The predicted octanol–water partition coefficient (Wildman–Crippen LogP) is 1.83. The zero-order chi connectivity index (χ0) is 13.2. The van der Waals surface area contributed by atoms with E-state index in [1.165, 1.54) is 0 Å². The van der Waals surface area contributed by atoms with E-state index < -0.39 is 10.0 Å². The molecule has 0 radical (unpaired) electrons. The number of nitrogens with one attached hydrogen (secondary N) is 1. The molecule has 108 valence electrons. The maximum absolute atomic E-state index is 12.4. The fourth-order valence-electron chi connectivity index (χ4n) is 2.06. The Morgan fingerprint density at radius 2 is 1.63 bits per heavy atom. The first-order valence-electron chi connectivity index (χ1n) is 6.32. The van der Waals surface area contributed by atoms with Crippen LogP contribution in [0.25, 0.3) is 0 Å². The van der Waals surface area contributed by atoms with Crippen LogP contribution in [0.1, 0.15) is 25.3 Å². The average molecular weight is 305 g/mol. The van der Waals surface area contributed by atoms with Crippen LogP contribution in [0.15, 0.2) is 29.2 Å². The van der Waals surface area contributed by atoms with E-state index in [1.807, 2.05) is 12.1 Å². The number of halogens is 1. The van der Waals surface area contributed by atoms with Gasteiger partial charge in [-0.3, -0.25) is 0 Å². The van der Waals surface area contributed by atoms with E-state index in [9.17, 15) is 8.42 Å². The summed E-state index contributed by atoms with van der Waals surface area (Å²) in [6, 6.07) is 7.24. The lowest BCUT2D eigenvalue weighted by atomic mass is 10.0. The molecule has 6 heteroatoms. The smallest absolute Gasteiger partial charge is 0.243 e. The molecule has 1 N–H and O–H groups in total. The van der Waals surface area contributed by atoms with Gasteiger partial charge in [-0.1, -0.05) is 26.0 Å². The van der Waals surface area contributed by atoms with Gasteiger partial charge >= 0.3 is 0 Å². The van der Waals surface area contributed by atoms with E-state index in [0.717, 1.165) is 18.7 Å². The van der Waals surface area contributed by atoms with Gasteiger partial charge in [-0.2, -0.15) is 4.31 Å². The number of benzene rings is 1. The third kappa shape index (κ3) is 3.69. The van der Waals surface area contributed by atoms with Crippen LogP contribution >= 0.6 is 12.4 Å². The van der Waals surface area contributed by atoms with Gasteiger partial charge in [-0.05, 0) is 23.6 Å². The number of rotatable bonds is 3. The van der Waals surface area contributed by atoms with Gasteiger partial charge in [0.1, 0.15) is 0 Å². The second kappa shape index (κ2) is 6.70. The van der Waals surface area contributed by atoms with Crippen LogP contribution in [0.5, 0.6) is 0 Å². The Balaban J connectivity index is 0.00000180. The Kier molecular flexibility index (Phi) is 5.80. The zero-order valence-corrected chi connectivity index (χ0v) is 12.9. The summed E-state index contributed by atoms with van der Waals surface area (Å²) in [5.41, 5.74) is 1.16. The third-order valence-electron chi connectivity index (χ3n) is 3.26. The molecule has 2 rings (SSSR count). The van der Waals surface area contributed by atoms with E-state index >= 15 is 0 Å². The lowest BCUT2D eigenvalue weighted by Crippen LogP contribution is -2.46. The van der Waals surface area contributed by atoms with Crippen molar-refractivity contribution in [3.8, 4) is 0 Å². The maximum atomic E-state index is 12.4. The van der Waals surface area contributed by atoms with Crippen molar-refractivity contribution in [2.45, 2.75) is 24.7 Å². The molecule has 1 aromatic rings. The van der Waals surface area contributed by atoms with Crippen molar-refractivity contribution < 1.29 is 8.42 Å². The summed E-state index contributed by atoms with van der Waals surface area (Å²) in [4.78, 5) is 0.397. The van der Waals surface area contributed by atoms with Crippen molar-refractivity contribution in [3.05, 3.63) is 29.8 Å². The summed E-state index contributed by atoms with van der Waals surface area (Å²) in [7, 11) is -3.31. The average Bonchev–Trinajstić information content (AvgIpc) is 2.40. The van der Waals surface area contributed by atoms with Gasteiger partial charge in [0.2, 0.25) is 10.0 Å². The predicted molar refractivity (Wildman–Crippen MR) is 79.4 cm³/mol. The molecule has 1 fully saturated rings.